The maximum Gasteiger partial charge on any atom is 0.332 e. The Hall–Kier alpha value is -2.30. The molecule has 5 heteroatoms. The lowest BCUT2D eigenvalue weighted by Crippen LogP contribution is -2.14. The number of nitrogens with two attached hydrogens (primary N) is 1. The molecule has 2 rings (SSSR count). The molecule has 0 radical (unpaired) electrons. The van der Waals surface area contributed by atoms with E-state index in [1.54, 1.807) is 0 Å². The Balaban J connectivity index is 2.46. The lowest BCUT2D eigenvalue weighted by Gasteiger charge is -2.05. The fourth-order valence-electron chi connectivity index (χ4n) is 2.14. The van der Waals surface area contributed by atoms with Crippen LogP contribution in [0.25, 0.3) is 10.9 Å². The number of carbonyl (C=O) groups excluding carboxylic acids is 1. The SMILES string of the molecule is CCn1c(C)cc2ccc(/C(N)=N/OC(C)=O)cc21. The van der Waals surface area contributed by atoms with Crippen LogP contribution in [0, 0.1) is 6.92 Å². The molecular weight excluding hydrogens is 242 g/mol. The van der Waals surface area contributed by atoms with Gasteiger partial charge in [-0.1, -0.05) is 17.3 Å². The first-order chi connectivity index (χ1) is 9.02. The van der Waals surface area contributed by atoms with Crippen molar-refractivity contribution in [2.24, 2.45) is 10.9 Å². The molecule has 1 heterocycles. The van der Waals surface area contributed by atoms with Gasteiger partial charge in [-0.2, -0.15) is 0 Å². The minimum atomic E-state index is -0.489. The smallest absolute Gasteiger partial charge is 0.332 e. The standard InChI is InChI=1S/C14H17N3O2/c1-4-17-9(2)7-11-5-6-12(8-13(11)17)14(15)16-19-10(3)18/h5-8H,4H2,1-3H3,(H2,15,16). The fourth-order valence-corrected chi connectivity index (χ4v) is 2.14. The van der Waals surface area contributed by atoms with Crippen molar-refractivity contribution in [3.63, 3.8) is 0 Å². The molecule has 0 amide bonds. The van der Waals surface area contributed by atoms with Crippen LogP contribution in [0.1, 0.15) is 25.1 Å². The number of aryl methyl sites for hydroxylation is 2. The second-order valence-corrected chi connectivity index (χ2v) is 4.36. The molecule has 0 aliphatic heterocycles. The highest BCUT2D eigenvalue weighted by molar-refractivity contribution is 6.00. The Morgan fingerprint density at radius 1 is 1.42 bits per heavy atom. The highest BCUT2D eigenvalue weighted by Gasteiger charge is 2.07. The predicted octanol–water partition coefficient (Wildman–Crippen LogP) is 2.15. The van der Waals surface area contributed by atoms with Crippen LogP contribution in [0.15, 0.2) is 29.4 Å². The van der Waals surface area contributed by atoms with Crippen LogP contribution in [0.2, 0.25) is 0 Å². The second-order valence-electron chi connectivity index (χ2n) is 4.36. The summed E-state index contributed by atoms with van der Waals surface area (Å²) in [5.74, 6) is -0.296. The van der Waals surface area contributed by atoms with Crippen LogP contribution in [0.3, 0.4) is 0 Å². The zero-order valence-corrected chi connectivity index (χ0v) is 11.3. The van der Waals surface area contributed by atoms with Crippen LogP contribution in [-0.4, -0.2) is 16.4 Å². The highest BCUT2D eigenvalue weighted by Crippen LogP contribution is 2.21. The van der Waals surface area contributed by atoms with E-state index < -0.39 is 5.97 Å². The van der Waals surface area contributed by atoms with Gasteiger partial charge in [0.05, 0.1) is 0 Å². The molecule has 19 heavy (non-hydrogen) atoms. The average molecular weight is 259 g/mol. The molecule has 0 saturated heterocycles. The number of hydrogen-bond acceptors (Lipinski definition) is 3. The molecule has 0 atom stereocenters. The lowest BCUT2D eigenvalue weighted by molar-refractivity contribution is -0.140. The van der Waals surface area contributed by atoms with Gasteiger partial charge in [-0.05, 0) is 31.4 Å². The van der Waals surface area contributed by atoms with Crippen molar-refractivity contribution < 1.29 is 9.63 Å². The number of aromatic nitrogens is 1. The number of fused-ring (bicyclic) bond motifs is 1. The molecule has 0 saturated carbocycles. The molecule has 0 bridgehead atoms. The van der Waals surface area contributed by atoms with Crippen LogP contribution >= 0.6 is 0 Å². The summed E-state index contributed by atoms with van der Waals surface area (Å²) in [5, 5.41) is 4.75. The van der Waals surface area contributed by atoms with E-state index in [0.29, 0.717) is 0 Å². The summed E-state index contributed by atoms with van der Waals surface area (Å²) in [4.78, 5) is 15.3. The summed E-state index contributed by atoms with van der Waals surface area (Å²) >= 11 is 0. The molecular formula is C14H17N3O2. The molecule has 0 aliphatic carbocycles. The number of benzene rings is 1. The van der Waals surface area contributed by atoms with Crippen molar-refractivity contribution in [2.75, 3.05) is 0 Å². The lowest BCUT2D eigenvalue weighted by atomic mass is 10.1. The van der Waals surface area contributed by atoms with Gasteiger partial charge in [-0.15, -0.1) is 0 Å². The van der Waals surface area contributed by atoms with E-state index in [0.717, 1.165) is 23.0 Å². The van der Waals surface area contributed by atoms with Crippen molar-refractivity contribution in [1.29, 1.82) is 0 Å². The summed E-state index contributed by atoms with van der Waals surface area (Å²) in [5.41, 5.74) is 8.83. The zero-order chi connectivity index (χ0) is 14.0. The van der Waals surface area contributed by atoms with Gasteiger partial charge in [0.2, 0.25) is 0 Å². The summed E-state index contributed by atoms with van der Waals surface area (Å²) in [7, 11) is 0. The van der Waals surface area contributed by atoms with Crippen molar-refractivity contribution in [2.45, 2.75) is 27.3 Å². The van der Waals surface area contributed by atoms with E-state index in [9.17, 15) is 4.79 Å². The fraction of sp³-hybridized carbons (Fsp3) is 0.286. The monoisotopic (exact) mass is 259 g/mol. The van der Waals surface area contributed by atoms with Gasteiger partial charge in [0.1, 0.15) is 0 Å². The summed E-state index contributed by atoms with van der Waals surface area (Å²) < 4.78 is 2.19. The number of nitrogens with zero attached hydrogens (tertiary/aromatic N) is 2. The first kappa shape index (κ1) is 13.1. The largest absolute Gasteiger partial charge is 0.380 e. The Labute approximate surface area is 111 Å². The number of rotatable bonds is 3. The van der Waals surface area contributed by atoms with Crippen LogP contribution in [0.5, 0.6) is 0 Å². The van der Waals surface area contributed by atoms with E-state index >= 15 is 0 Å². The third-order valence-electron chi connectivity index (χ3n) is 3.00. The molecule has 2 aromatic rings. The third kappa shape index (κ3) is 2.59. The van der Waals surface area contributed by atoms with E-state index in [1.165, 1.54) is 12.6 Å². The van der Waals surface area contributed by atoms with E-state index in [-0.39, 0.29) is 5.84 Å². The minimum Gasteiger partial charge on any atom is -0.380 e. The minimum absolute atomic E-state index is 0.193. The summed E-state index contributed by atoms with van der Waals surface area (Å²) in [6.45, 7) is 6.33. The topological polar surface area (TPSA) is 69.6 Å². The highest BCUT2D eigenvalue weighted by atomic mass is 16.7. The molecule has 1 aromatic carbocycles. The molecule has 0 spiro atoms. The van der Waals surface area contributed by atoms with E-state index in [1.807, 2.05) is 18.2 Å². The predicted molar refractivity (Wildman–Crippen MR) is 74.8 cm³/mol. The Morgan fingerprint density at radius 3 is 2.79 bits per heavy atom. The average Bonchev–Trinajstić information content (AvgIpc) is 2.70. The van der Waals surface area contributed by atoms with Crippen LogP contribution in [-0.2, 0) is 16.2 Å². The van der Waals surface area contributed by atoms with Crippen molar-refractivity contribution in [1.82, 2.24) is 4.57 Å². The molecule has 5 nitrogen and oxygen atoms in total. The van der Waals surface area contributed by atoms with Crippen LogP contribution < -0.4 is 5.73 Å². The van der Waals surface area contributed by atoms with Gasteiger partial charge >= 0.3 is 5.97 Å². The van der Waals surface area contributed by atoms with Gasteiger partial charge in [-0.25, -0.2) is 4.79 Å². The van der Waals surface area contributed by atoms with Crippen molar-refractivity contribution in [3.05, 3.63) is 35.5 Å². The molecule has 0 unspecified atom stereocenters. The maximum absolute atomic E-state index is 10.7. The Morgan fingerprint density at radius 2 is 2.16 bits per heavy atom. The van der Waals surface area contributed by atoms with Crippen LogP contribution in [0.4, 0.5) is 0 Å². The molecule has 100 valence electrons. The van der Waals surface area contributed by atoms with Crippen molar-refractivity contribution >= 4 is 22.7 Å². The molecule has 0 aliphatic rings. The summed E-state index contributed by atoms with van der Waals surface area (Å²) in [6.07, 6.45) is 0. The second kappa shape index (κ2) is 5.14. The van der Waals surface area contributed by atoms with Gasteiger partial charge in [-0.3, -0.25) is 0 Å². The Bertz CT molecular complexity index is 656. The number of hydrogen-bond donors (Lipinski definition) is 1. The van der Waals surface area contributed by atoms with Crippen molar-refractivity contribution in [3.8, 4) is 0 Å². The molecule has 1 aromatic heterocycles. The first-order valence-corrected chi connectivity index (χ1v) is 6.14. The number of amidine groups is 1. The maximum atomic E-state index is 10.7. The first-order valence-electron chi connectivity index (χ1n) is 6.14. The summed E-state index contributed by atoms with van der Waals surface area (Å²) in [6, 6.07) is 7.93. The third-order valence-corrected chi connectivity index (χ3v) is 3.00. The Kier molecular flexibility index (Phi) is 3.55. The van der Waals surface area contributed by atoms with E-state index in [2.05, 4.69) is 34.5 Å². The molecule has 0 fully saturated rings. The van der Waals surface area contributed by atoms with Gasteiger partial charge in [0, 0.05) is 30.2 Å². The van der Waals surface area contributed by atoms with E-state index in [4.69, 9.17) is 5.73 Å². The number of oxime groups is 1. The van der Waals surface area contributed by atoms with Gasteiger partial charge in [0.25, 0.3) is 0 Å². The number of carbonyl (C=O) groups is 1. The molecule has 2 N–H and O–H groups in total. The van der Waals surface area contributed by atoms with Gasteiger partial charge in [0.15, 0.2) is 5.84 Å². The quantitative estimate of drug-likeness (QED) is 0.397. The zero-order valence-electron chi connectivity index (χ0n) is 11.3. The van der Waals surface area contributed by atoms with Gasteiger partial charge < -0.3 is 15.1 Å². The normalized spacial score (nSPS) is 11.8.